The molecular formula is C16H27NOS. The van der Waals surface area contributed by atoms with E-state index in [1.54, 1.807) is 6.26 Å². The Balaban J connectivity index is 1.86. The second-order valence-corrected chi connectivity index (χ2v) is 6.71. The van der Waals surface area contributed by atoms with Gasteiger partial charge in [0, 0.05) is 11.3 Å². The van der Waals surface area contributed by atoms with E-state index in [1.165, 1.54) is 44.9 Å². The molecule has 0 bridgehead atoms. The van der Waals surface area contributed by atoms with Gasteiger partial charge in [-0.15, -0.1) is 11.8 Å². The van der Waals surface area contributed by atoms with E-state index in [9.17, 15) is 0 Å². The van der Waals surface area contributed by atoms with Crippen LogP contribution in [0.25, 0.3) is 0 Å². The highest BCUT2D eigenvalue weighted by atomic mass is 32.2. The van der Waals surface area contributed by atoms with Crippen molar-refractivity contribution in [1.29, 1.82) is 0 Å². The van der Waals surface area contributed by atoms with E-state index in [0.717, 1.165) is 23.3 Å². The summed E-state index contributed by atoms with van der Waals surface area (Å²) < 4.78 is 5.46. The zero-order valence-corrected chi connectivity index (χ0v) is 12.9. The molecule has 2 atom stereocenters. The van der Waals surface area contributed by atoms with Crippen LogP contribution in [-0.4, -0.2) is 17.8 Å². The third kappa shape index (κ3) is 5.23. The first kappa shape index (κ1) is 15.0. The molecule has 1 aromatic heterocycles. The van der Waals surface area contributed by atoms with Crippen LogP contribution in [0.1, 0.15) is 57.6 Å². The van der Waals surface area contributed by atoms with Crippen LogP contribution in [-0.2, 0) is 5.75 Å². The van der Waals surface area contributed by atoms with E-state index in [1.807, 2.05) is 6.07 Å². The summed E-state index contributed by atoms with van der Waals surface area (Å²) in [6.07, 6.45) is 11.3. The lowest BCUT2D eigenvalue weighted by Gasteiger charge is -2.29. The average Bonchev–Trinajstić information content (AvgIpc) is 2.90. The normalized spacial score (nSPS) is 24.9. The lowest BCUT2D eigenvalue weighted by atomic mass is 9.96. The fourth-order valence-corrected chi connectivity index (χ4v) is 4.14. The molecule has 3 heteroatoms. The lowest BCUT2D eigenvalue weighted by molar-refractivity contribution is 0.399. The summed E-state index contributed by atoms with van der Waals surface area (Å²) in [5.74, 6) is 2.13. The molecule has 19 heavy (non-hydrogen) atoms. The zero-order valence-electron chi connectivity index (χ0n) is 12.1. The van der Waals surface area contributed by atoms with Gasteiger partial charge in [-0.05, 0) is 37.9 Å². The Bertz CT molecular complexity index is 323. The molecule has 2 nitrogen and oxygen atoms in total. The molecule has 1 aliphatic rings. The minimum atomic E-state index is 0.695. The van der Waals surface area contributed by atoms with Gasteiger partial charge < -0.3 is 9.73 Å². The third-order valence-corrected chi connectivity index (χ3v) is 5.32. The van der Waals surface area contributed by atoms with Crippen molar-refractivity contribution in [3.05, 3.63) is 24.2 Å². The molecule has 1 heterocycles. The standard InChI is InChI=1S/C16H27NOS/c1-2-11-17-15-9-5-3-4-6-10-16(15)19-13-14-8-7-12-18-14/h7-8,12,15-17H,2-6,9-11,13H2,1H3. The molecule has 0 amide bonds. The average molecular weight is 281 g/mol. The quantitative estimate of drug-likeness (QED) is 0.824. The van der Waals surface area contributed by atoms with Crippen LogP contribution in [0.2, 0.25) is 0 Å². The van der Waals surface area contributed by atoms with Crippen LogP contribution in [0.15, 0.2) is 22.8 Å². The largest absolute Gasteiger partial charge is 0.468 e. The third-order valence-electron chi connectivity index (χ3n) is 3.88. The summed E-state index contributed by atoms with van der Waals surface area (Å²) in [5, 5.41) is 4.51. The molecular weight excluding hydrogens is 254 g/mol. The number of hydrogen-bond donors (Lipinski definition) is 1. The van der Waals surface area contributed by atoms with Crippen molar-refractivity contribution in [3.63, 3.8) is 0 Å². The van der Waals surface area contributed by atoms with Crippen molar-refractivity contribution < 1.29 is 4.42 Å². The summed E-state index contributed by atoms with van der Waals surface area (Å²) in [7, 11) is 0. The number of nitrogens with one attached hydrogen (secondary N) is 1. The van der Waals surface area contributed by atoms with Gasteiger partial charge in [0.15, 0.2) is 0 Å². The monoisotopic (exact) mass is 281 g/mol. The first-order valence-electron chi connectivity index (χ1n) is 7.77. The molecule has 1 N–H and O–H groups in total. The summed E-state index contributed by atoms with van der Waals surface area (Å²) in [5.41, 5.74) is 0. The predicted octanol–water partition coefficient (Wildman–Crippen LogP) is 4.60. The van der Waals surface area contributed by atoms with Crippen LogP contribution in [0.3, 0.4) is 0 Å². The summed E-state index contributed by atoms with van der Waals surface area (Å²) in [4.78, 5) is 0. The molecule has 2 rings (SSSR count). The van der Waals surface area contributed by atoms with Gasteiger partial charge in [-0.25, -0.2) is 0 Å². The smallest absolute Gasteiger partial charge is 0.113 e. The minimum Gasteiger partial charge on any atom is -0.468 e. The van der Waals surface area contributed by atoms with Gasteiger partial charge in [0.1, 0.15) is 5.76 Å². The SMILES string of the molecule is CCCNC1CCCCCCC1SCc1ccco1. The summed E-state index contributed by atoms with van der Waals surface area (Å²) in [6.45, 7) is 3.41. The Morgan fingerprint density at radius 3 is 2.84 bits per heavy atom. The first-order valence-corrected chi connectivity index (χ1v) is 8.82. The van der Waals surface area contributed by atoms with Gasteiger partial charge in [-0.1, -0.05) is 32.6 Å². The fraction of sp³-hybridized carbons (Fsp3) is 0.750. The predicted molar refractivity (Wildman–Crippen MR) is 83.6 cm³/mol. The Morgan fingerprint density at radius 2 is 2.11 bits per heavy atom. The molecule has 1 saturated carbocycles. The second kappa shape index (κ2) is 8.70. The molecule has 2 unspecified atom stereocenters. The highest BCUT2D eigenvalue weighted by molar-refractivity contribution is 7.99. The molecule has 0 aliphatic heterocycles. The van der Waals surface area contributed by atoms with Gasteiger partial charge in [0.25, 0.3) is 0 Å². The maximum absolute atomic E-state index is 5.46. The van der Waals surface area contributed by atoms with E-state index >= 15 is 0 Å². The molecule has 1 aromatic rings. The van der Waals surface area contributed by atoms with E-state index in [-0.39, 0.29) is 0 Å². The van der Waals surface area contributed by atoms with E-state index < -0.39 is 0 Å². The topological polar surface area (TPSA) is 25.2 Å². The van der Waals surface area contributed by atoms with Crippen LogP contribution in [0, 0.1) is 0 Å². The van der Waals surface area contributed by atoms with Crippen molar-refractivity contribution in [1.82, 2.24) is 5.32 Å². The molecule has 0 radical (unpaired) electrons. The van der Waals surface area contributed by atoms with Crippen molar-refractivity contribution >= 4 is 11.8 Å². The lowest BCUT2D eigenvalue weighted by Crippen LogP contribution is -2.39. The van der Waals surface area contributed by atoms with Gasteiger partial charge in [-0.2, -0.15) is 0 Å². The van der Waals surface area contributed by atoms with Crippen LogP contribution in [0.4, 0.5) is 0 Å². The van der Waals surface area contributed by atoms with Crippen molar-refractivity contribution in [2.45, 2.75) is 68.9 Å². The highest BCUT2D eigenvalue weighted by Gasteiger charge is 2.22. The van der Waals surface area contributed by atoms with Crippen molar-refractivity contribution in [2.75, 3.05) is 6.54 Å². The van der Waals surface area contributed by atoms with Crippen molar-refractivity contribution in [2.24, 2.45) is 0 Å². The molecule has 108 valence electrons. The van der Waals surface area contributed by atoms with E-state index in [0.29, 0.717) is 6.04 Å². The molecule has 0 saturated heterocycles. The Morgan fingerprint density at radius 1 is 1.26 bits per heavy atom. The van der Waals surface area contributed by atoms with Gasteiger partial charge in [0.2, 0.25) is 0 Å². The number of rotatable bonds is 6. The van der Waals surface area contributed by atoms with Gasteiger partial charge in [0.05, 0.1) is 12.0 Å². The molecule has 0 aromatic carbocycles. The number of thioether (sulfide) groups is 1. The zero-order chi connectivity index (χ0) is 13.3. The summed E-state index contributed by atoms with van der Waals surface area (Å²) >= 11 is 2.08. The van der Waals surface area contributed by atoms with E-state index in [4.69, 9.17) is 4.42 Å². The van der Waals surface area contributed by atoms with Crippen LogP contribution >= 0.6 is 11.8 Å². The minimum absolute atomic E-state index is 0.695. The first-order chi connectivity index (χ1) is 9.40. The van der Waals surface area contributed by atoms with Crippen LogP contribution < -0.4 is 5.32 Å². The Hall–Kier alpha value is -0.410. The molecule has 1 fully saturated rings. The van der Waals surface area contributed by atoms with Gasteiger partial charge >= 0.3 is 0 Å². The highest BCUT2D eigenvalue weighted by Crippen LogP contribution is 2.29. The van der Waals surface area contributed by atoms with Crippen LogP contribution in [0.5, 0.6) is 0 Å². The maximum atomic E-state index is 5.46. The van der Waals surface area contributed by atoms with Crippen molar-refractivity contribution in [3.8, 4) is 0 Å². The van der Waals surface area contributed by atoms with Gasteiger partial charge in [-0.3, -0.25) is 0 Å². The molecule has 0 spiro atoms. The van der Waals surface area contributed by atoms with E-state index in [2.05, 4.69) is 30.1 Å². The summed E-state index contributed by atoms with van der Waals surface area (Å²) in [6, 6.07) is 4.77. The molecule has 1 aliphatic carbocycles. The Kier molecular flexibility index (Phi) is 6.86. The fourth-order valence-electron chi connectivity index (χ4n) is 2.80. The number of hydrogen-bond acceptors (Lipinski definition) is 3. The maximum Gasteiger partial charge on any atom is 0.113 e. The second-order valence-electron chi connectivity index (χ2n) is 5.48. The Labute approximate surface area is 121 Å². The number of furan rings is 1.